The van der Waals surface area contributed by atoms with Gasteiger partial charge < -0.3 is 18.9 Å². The van der Waals surface area contributed by atoms with E-state index in [0.717, 1.165) is 36.8 Å². The summed E-state index contributed by atoms with van der Waals surface area (Å²) in [6.45, 7) is 5.01. The SMILES string of the molecule is CCCCOc1c(Cl)cc(C(=O)O[C@H]2Cc3ccccc3C[C@H]2OC(=O)c2cc(Cl)c(OCCCC)c(Cl)c2)cc1Cl. The van der Waals surface area contributed by atoms with E-state index in [2.05, 4.69) is 0 Å². The molecule has 0 spiro atoms. The van der Waals surface area contributed by atoms with E-state index in [0.29, 0.717) is 37.6 Å². The summed E-state index contributed by atoms with van der Waals surface area (Å²) in [5.74, 6) is -0.658. The highest BCUT2D eigenvalue weighted by Crippen LogP contribution is 2.37. The average Bonchev–Trinajstić information content (AvgIpc) is 2.96. The summed E-state index contributed by atoms with van der Waals surface area (Å²) < 4.78 is 23.2. The van der Waals surface area contributed by atoms with E-state index in [1.165, 1.54) is 24.3 Å². The maximum atomic E-state index is 13.3. The molecule has 6 nitrogen and oxygen atoms in total. The molecule has 4 rings (SSSR count). The number of ether oxygens (including phenoxy) is 4. The highest BCUT2D eigenvalue weighted by Gasteiger charge is 2.35. The third-order valence-corrected chi connectivity index (χ3v) is 7.97. The third kappa shape index (κ3) is 8.04. The van der Waals surface area contributed by atoms with Crippen molar-refractivity contribution in [3.8, 4) is 11.5 Å². The molecule has 0 unspecified atom stereocenters. The molecule has 1 aliphatic carbocycles. The fraction of sp³-hybridized carbons (Fsp3) is 0.375. The van der Waals surface area contributed by atoms with Gasteiger partial charge in [0.2, 0.25) is 0 Å². The Morgan fingerprint density at radius 2 is 1.02 bits per heavy atom. The molecule has 10 heteroatoms. The van der Waals surface area contributed by atoms with E-state index < -0.39 is 24.1 Å². The van der Waals surface area contributed by atoms with Crippen LogP contribution in [-0.2, 0) is 22.3 Å². The number of hydrogen-bond acceptors (Lipinski definition) is 6. The molecule has 0 radical (unpaired) electrons. The molecule has 0 fully saturated rings. The number of benzene rings is 3. The van der Waals surface area contributed by atoms with E-state index in [-0.39, 0.29) is 31.2 Å². The molecule has 0 saturated heterocycles. The normalized spacial score (nSPS) is 16.0. The molecule has 0 heterocycles. The number of hydrogen-bond donors (Lipinski definition) is 0. The van der Waals surface area contributed by atoms with Crippen molar-refractivity contribution >= 4 is 58.3 Å². The minimum atomic E-state index is -0.767. The quantitative estimate of drug-likeness (QED) is 0.143. The zero-order chi connectivity index (χ0) is 30.2. The first-order valence-corrected chi connectivity index (χ1v) is 15.4. The Kier molecular flexibility index (Phi) is 11.7. The van der Waals surface area contributed by atoms with E-state index in [9.17, 15) is 9.59 Å². The molecule has 0 saturated carbocycles. The second kappa shape index (κ2) is 15.2. The van der Waals surface area contributed by atoms with Crippen LogP contribution in [0.2, 0.25) is 20.1 Å². The second-order valence-corrected chi connectivity index (χ2v) is 11.6. The lowest BCUT2D eigenvalue weighted by Gasteiger charge is -2.32. The minimum absolute atomic E-state index is 0.161. The van der Waals surface area contributed by atoms with Gasteiger partial charge in [0.05, 0.1) is 44.4 Å². The van der Waals surface area contributed by atoms with Crippen molar-refractivity contribution in [1.82, 2.24) is 0 Å². The van der Waals surface area contributed by atoms with Crippen LogP contribution in [0.1, 0.15) is 71.4 Å². The average molecular weight is 654 g/mol. The lowest BCUT2D eigenvalue weighted by Crippen LogP contribution is -2.41. The van der Waals surface area contributed by atoms with Gasteiger partial charge in [0.1, 0.15) is 12.2 Å². The summed E-state index contributed by atoms with van der Waals surface area (Å²) in [5.41, 5.74) is 2.32. The van der Waals surface area contributed by atoms with Gasteiger partial charge in [0.25, 0.3) is 0 Å². The van der Waals surface area contributed by atoms with Crippen LogP contribution in [0.4, 0.5) is 0 Å². The van der Waals surface area contributed by atoms with Crippen LogP contribution in [0.15, 0.2) is 48.5 Å². The molecule has 42 heavy (non-hydrogen) atoms. The lowest BCUT2D eigenvalue weighted by atomic mass is 9.87. The van der Waals surface area contributed by atoms with Gasteiger partial charge in [-0.1, -0.05) is 97.4 Å². The Labute approximate surface area is 266 Å². The van der Waals surface area contributed by atoms with Gasteiger partial charge in [-0.2, -0.15) is 0 Å². The van der Waals surface area contributed by atoms with E-state index in [4.69, 9.17) is 65.4 Å². The van der Waals surface area contributed by atoms with Gasteiger partial charge in [0.15, 0.2) is 11.5 Å². The first-order chi connectivity index (χ1) is 20.2. The predicted octanol–water partition coefficient (Wildman–Crippen LogP) is 9.21. The first kappa shape index (κ1) is 32.3. The fourth-order valence-electron chi connectivity index (χ4n) is 4.57. The van der Waals surface area contributed by atoms with E-state index in [1.54, 1.807) is 0 Å². The Bertz CT molecular complexity index is 1270. The summed E-state index contributed by atoms with van der Waals surface area (Å²) in [4.78, 5) is 26.5. The Balaban J connectivity index is 1.53. The highest BCUT2D eigenvalue weighted by atomic mass is 35.5. The van der Waals surface area contributed by atoms with Gasteiger partial charge >= 0.3 is 11.9 Å². The zero-order valence-corrected chi connectivity index (χ0v) is 26.4. The summed E-state index contributed by atoms with van der Waals surface area (Å²) >= 11 is 25.6. The van der Waals surface area contributed by atoms with Crippen LogP contribution in [0, 0.1) is 0 Å². The zero-order valence-electron chi connectivity index (χ0n) is 23.4. The predicted molar refractivity (Wildman–Crippen MR) is 166 cm³/mol. The monoisotopic (exact) mass is 652 g/mol. The van der Waals surface area contributed by atoms with Crippen LogP contribution >= 0.6 is 46.4 Å². The Hall–Kier alpha value is -2.64. The molecule has 3 aromatic carbocycles. The molecule has 0 amide bonds. The summed E-state index contributed by atoms with van der Waals surface area (Å²) in [6, 6.07) is 13.6. The largest absolute Gasteiger partial charge is 0.490 e. The Morgan fingerprint density at radius 3 is 1.36 bits per heavy atom. The number of unbranched alkanes of at least 4 members (excludes halogenated alkanes) is 2. The van der Waals surface area contributed by atoms with Crippen LogP contribution in [-0.4, -0.2) is 37.4 Å². The molecule has 0 aromatic heterocycles. The standard InChI is InChI=1S/C32H32Cl4O6/c1-3-5-11-39-29-23(33)13-21(14-24(29)34)31(37)41-27-17-19-9-7-8-10-20(19)18-28(27)42-32(38)22-15-25(35)30(26(36)16-22)40-12-6-4-2/h7-10,13-16,27-28H,3-6,11-12,17-18H2,1-2H3/t27-,28+. The van der Waals surface area contributed by atoms with Gasteiger partial charge in [-0.25, -0.2) is 9.59 Å². The molecule has 0 bridgehead atoms. The highest BCUT2D eigenvalue weighted by molar-refractivity contribution is 6.38. The number of fused-ring (bicyclic) bond motifs is 1. The van der Waals surface area contributed by atoms with Gasteiger partial charge in [0, 0.05) is 12.8 Å². The summed E-state index contributed by atoms with van der Waals surface area (Å²) in [6.07, 6.45) is 2.76. The van der Waals surface area contributed by atoms with Crippen molar-refractivity contribution < 1.29 is 28.5 Å². The van der Waals surface area contributed by atoms with Crippen molar-refractivity contribution in [2.45, 2.75) is 64.6 Å². The number of halogens is 4. The van der Waals surface area contributed by atoms with E-state index in [1.807, 2.05) is 38.1 Å². The number of carbonyl (C=O) groups excluding carboxylic acids is 2. The molecule has 0 aliphatic heterocycles. The van der Waals surface area contributed by atoms with E-state index >= 15 is 0 Å². The minimum Gasteiger partial charge on any atom is -0.490 e. The topological polar surface area (TPSA) is 71.1 Å². The van der Waals surface area contributed by atoms with Gasteiger partial charge in [-0.15, -0.1) is 0 Å². The smallest absolute Gasteiger partial charge is 0.338 e. The second-order valence-electron chi connectivity index (χ2n) is 10.0. The van der Waals surface area contributed by atoms with Crippen molar-refractivity contribution in [1.29, 1.82) is 0 Å². The van der Waals surface area contributed by atoms with Crippen LogP contribution < -0.4 is 9.47 Å². The van der Waals surface area contributed by atoms with Gasteiger partial charge in [-0.3, -0.25) is 0 Å². The summed E-state index contributed by atoms with van der Waals surface area (Å²) in [5, 5.41) is 0.827. The first-order valence-electron chi connectivity index (χ1n) is 13.9. The molecule has 224 valence electrons. The van der Waals surface area contributed by atoms with Crippen LogP contribution in [0.3, 0.4) is 0 Å². The lowest BCUT2D eigenvalue weighted by molar-refractivity contribution is -0.0389. The van der Waals surface area contributed by atoms with Crippen molar-refractivity contribution in [3.63, 3.8) is 0 Å². The fourth-order valence-corrected chi connectivity index (χ4v) is 5.76. The molecule has 1 aliphatic rings. The van der Waals surface area contributed by atoms with Crippen molar-refractivity contribution in [2.24, 2.45) is 0 Å². The number of carbonyl (C=O) groups is 2. The molecule has 3 aromatic rings. The van der Waals surface area contributed by atoms with Crippen LogP contribution in [0.25, 0.3) is 0 Å². The summed E-state index contributed by atoms with van der Waals surface area (Å²) in [7, 11) is 0. The number of esters is 2. The van der Waals surface area contributed by atoms with Crippen molar-refractivity contribution in [2.75, 3.05) is 13.2 Å². The molecule has 0 N–H and O–H groups in total. The molecular weight excluding hydrogens is 622 g/mol. The van der Waals surface area contributed by atoms with Gasteiger partial charge in [-0.05, 0) is 48.2 Å². The maximum Gasteiger partial charge on any atom is 0.338 e. The number of rotatable bonds is 12. The maximum absolute atomic E-state index is 13.3. The third-order valence-electron chi connectivity index (χ3n) is 6.85. The molecular formula is C32H32Cl4O6. The van der Waals surface area contributed by atoms with Crippen molar-refractivity contribution in [3.05, 3.63) is 90.9 Å². The van der Waals surface area contributed by atoms with Crippen LogP contribution in [0.5, 0.6) is 11.5 Å². The molecule has 2 atom stereocenters. The Morgan fingerprint density at radius 1 is 0.667 bits per heavy atom.